The molecule has 0 aliphatic rings. The van der Waals surface area contributed by atoms with E-state index in [4.69, 9.17) is 4.74 Å². The second-order valence-corrected chi connectivity index (χ2v) is 7.05. The second kappa shape index (κ2) is 9.21. The van der Waals surface area contributed by atoms with Crippen molar-refractivity contribution >= 4 is 11.8 Å². The van der Waals surface area contributed by atoms with Crippen LogP contribution in [0.2, 0.25) is 0 Å². The first-order valence-corrected chi connectivity index (χ1v) is 9.21. The summed E-state index contributed by atoms with van der Waals surface area (Å²) in [6, 6.07) is 15.4. The van der Waals surface area contributed by atoms with Gasteiger partial charge in [0.25, 0.3) is 5.91 Å². The molecule has 0 bridgehead atoms. The van der Waals surface area contributed by atoms with Gasteiger partial charge in [0.15, 0.2) is 0 Å². The minimum absolute atomic E-state index is 0.0315. The van der Waals surface area contributed by atoms with Crippen molar-refractivity contribution in [2.24, 2.45) is 0 Å². The third kappa shape index (κ3) is 6.13. The molecule has 2 N–H and O–H groups in total. The Hall–Kier alpha value is -2.82. The van der Waals surface area contributed by atoms with Crippen LogP contribution in [-0.2, 0) is 4.79 Å². The van der Waals surface area contributed by atoms with Crippen molar-refractivity contribution < 1.29 is 14.3 Å². The Morgan fingerprint density at radius 1 is 1.04 bits per heavy atom. The van der Waals surface area contributed by atoms with E-state index in [0.717, 1.165) is 16.9 Å². The third-order valence-corrected chi connectivity index (χ3v) is 4.33. The van der Waals surface area contributed by atoms with Crippen LogP contribution in [0.4, 0.5) is 0 Å². The number of nitrogens with one attached hydrogen (secondary N) is 2. The van der Waals surface area contributed by atoms with Gasteiger partial charge in [0.1, 0.15) is 5.75 Å². The van der Waals surface area contributed by atoms with E-state index in [2.05, 4.69) is 10.6 Å². The van der Waals surface area contributed by atoms with Crippen LogP contribution in [0.5, 0.6) is 5.75 Å². The summed E-state index contributed by atoms with van der Waals surface area (Å²) in [6.07, 6.45) is 0.944. The van der Waals surface area contributed by atoms with Gasteiger partial charge in [-0.1, -0.05) is 24.3 Å². The average Bonchev–Trinajstić information content (AvgIpc) is 2.66. The lowest BCUT2D eigenvalue weighted by atomic mass is 9.97. The predicted molar refractivity (Wildman–Crippen MR) is 108 cm³/mol. The molecule has 0 fully saturated rings. The fourth-order valence-electron chi connectivity index (χ4n) is 2.74. The number of ether oxygens (including phenoxy) is 1. The Morgan fingerprint density at radius 3 is 2.37 bits per heavy atom. The fraction of sp³-hybridized carbons (Fsp3) is 0.364. The predicted octanol–water partition coefficient (Wildman–Crippen LogP) is 3.79. The van der Waals surface area contributed by atoms with E-state index in [1.165, 1.54) is 0 Å². The average molecular weight is 368 g/mol. The number of carbonyl (C=O) groups excluding carboxylic acids is 2. The highest BCUT2D eigenvalue weighted by Gasteiger charge is 2.22. The standard InChI is InChI=1S/C22H28N2O3/c1-5-27-19-8-6-7-18(15-19)16-9-11-17(12-10-16)21(26)24-22(2,3)14-13-20(25)23-4/h6-12,15H,5,13-14H2,1-4H3,(H,23,25)(H,24,26). The van der Waals surface area contributed by atoms with Crippen LogP contribution in [0.1, 0.15) is 44.0 Å². The summed E-state index contributed by atoms with van der Waals surface area (Å²) in [4.78, 5) is 23.9. The van der Waals surface area contributed by atoms with Gasteiger partial charge in [-0.05, 0) is 62.6 Å². The van der Waals surface area contributed by atoms with Crippen LogP contribution < -0.4 is 15.4 Å². The normalized spacial score (nSPS) is 11.0. The number of carbonyl (C=O) groups is 2. The van der Waals surface area contributed by atoms with Crippen molar-refractivity contribution in [1.29, 1.82) is 0 Å². The van der Waals surface area contributed by atoms with Gasteiger partial charge in [-0.25, -0.2) is 0 Å². The molecule has 0 saturated carbocycles. The number of rotatable bonds is 8. The van der Waals surface area contributed by atoms with Crippen molar-refractivity contribution in [3.8, 4) is 16.9 Å². The quantitative estimate of drug-likeness (QED) is 0.745. The van der Waals surface area contributed by atoms with Crippen LogP contribution in [0, 0.1) is 0 Å². The number of hydrogen-bond donors (Lipinski definition) is 2. The van der Waals surface area contributed by atoms with Gasteiger partial charge in [0, 0.05) is 24.6 Å². The Labute approximate surface area is 161 Å². The molecule has 5 nitrogen and oxygen atoms in total. The number of amides is 2. The second-order valence-electron chi connectivity index (χ2n) is 7.05. The summed E-state index contributed by atoms with van der Waals surface area (Å²) < 4.78 is 5.54. The van der Waals surface area contributed by atoms with Crippen LogP contribution in [0.15, 0.2) is 48.5 Å². The van der Waals surface area contributed by atoms with Gasteiger partial charge in [-0.15, -0.1) is 0 Å². The lowest BCUT2D eigenvalue weighted by Crippen LogP contribution is -2.44. The van der Waals surface area contributed by atoms with Crippen LogP contribution in [0.3, 0.4) is 0 Å². The zero-order valence-electron chi connectivity index (χ0n) is 16.5. The topological polar surface area (TPSA) is 67.4 Å². The molecule has 0 heterocycles. The van der Waals surface area contributed by atoms with Crippen molar-refractivity contribution in [3.05, 3.63) is 54.1 Å². The number of benzene rings is 2. The molecule has 0 atom stereocenters. The minimum Gasteiger partial charge on any atom is -0.494 e. The lowest BCUT2D eigenvalue weighted by Gasteiger charge is -2.26. The van der Waals surface area contributed by atoms with Gasteiger partial charge in [-0.3, -0.25) is 9.59 Å². The maximum atomic E-state index is 12.5. The SMILES string of the molecule is CCOc1cccc(-c2ccc(C(=O)NC(C)(C)CCC(=O)NC)cc2)c1. The summed E-state index contributed by atoms with van der Waals surface area (Å²) in [6.45, 7) is 6.41. The third-order valence-electron chi connectivity index (χ3n) is 4.33. The molecule has 0 aliphatic heterocycles. The number of hydrogen-bond acceptors (Lipinski definition) is 3. The van der Waals surface area contributed by atoms with Crippen molar-refractivity contribution in [1.82, 2.24) is 10.6 Å². The molecule has 0 spiro atoms. The smallest absolute Gasteiger partial charge is 0.251 e. The first-order valence-electron chi connectivity index (χ1n) is 9.21. The minimum atomic E-state index is -0.464. The Balaban J connectivity index is 2.04. The molecular weight excluding hydrogens is 340 g/mol. The maximum Gasteiger partial charge on any atom is 0.251 e. The summed E-state index contributed by atoms with van der Waals surface area (Å²) in [7, 11) is 1.61. The van der Waals surface area contributed by atoms with E-state index >= 15 is 0 Å². The van der Waals surface area contributed by atoms with Gasteiger partial charge in [-0.2, -0.15) is 0 Å². The Kier molecular flexibility index (Phi) is 6.99. The highest BCUT2D eigenvalue weighted by Crippen LogP contribution is 2.24. The highest BCUT2D eigenvalue weighted by atomic mass is 16.5. The molecule has 2 aromatic rings. The first-order chi connectivity index (χ1) is 12.8. The summed E-state index contributed by atoms with van der Waals surface area (Å²) >= 11 is 0. The molecule has 2 rings (SSSR count). The molecule has 2 aromatic carbocycles. The molecule has 27 heavy (non-hydrogen) atoms. The fourth-order valence-corrected chi connectivity index (χ4v) is 2.74. The van der Waals surface area contributed by atoms with Crippen LogP contribution in [0.25, 0.3) is 11.1 Å². The zero-order valence-corrected chi connectivity index (χ0v) is 16.5. The van der Waals surface area contributed by atoms with Gasteiger partial charge in [0.2, 0.25) is 5.91 Å². The molecule has 5 heteroatoms. The maximum absolute atomic E-state index is 12.5. The lowest BCUT2D eigenvalue weighted by molar-refractivity contribution is -0.121. The molecule has 0 saturated heterocycles. The van der Waals surface area contributed by atoms with E-state index in [9.17, 15) is 9.59 Å². The zero-order chi connectivity index (χ0) is 19.9. The molecule has 144 valence electrons. The highest BCUT2D eigenvalue weighted by molar-refractivity contribution is 5.95. The van der Waals surface area contributed by atoms with Crippen LogP contribution in [-0.4, -0.2) is 31.0 Å². The first kappa shape index (κ1) is 20.5. The summed E-state index contributed by atoms with van der Waals surface area (Å²) in [5.74, 6) is 0.650. The van der Waals surface area contributed by atoms with Crippen molar-refractivity contribution in [2.75, 3.05) is 13.7 Å². The van der Waals surface area contributed by atoms with E-state index < -0.39 is 5.54 Å². The van der Waals surface area contributed by atoms with Crippen LogP contribution >= 0.6 is 0 Å². The van der Waals surface area contributed by atoms with Crippen molar-refractivity contribution in [2.45, 2.75) is 39.2 Å². The Bertz CT molecular complexity index is 782. The van der Waals surface area contributed by atoms with E-state index in [1.54, 1.807) is 7.05 Å². The molecule has 0 radical (unpaired) electrons. The summed E-state index contributed by atoms with van der Waals surface area (Å²) in [5, 5.41) is 5.59. The van der Waals surface area contributed by atoms with Crippen molar-refractivity contribution in [3.63, 3.8) is 0 Å². The summed E-state index contributed by atoms with van der Waals surface area (Å²) in [5.41, 5.74) is 2.19. The van der Waals surface area contributed by atoms with E-state index in [0.29, 0.717) is 25.0 Å². The monoisotopic (exact) mass is 368 g/mol. The molecule has 0 aliphatic carbocycles. The molecule has 2 amide bonds. The van der Waals surface area contributed by atoms with E-state index in [-0.39, 0.29) is 11.8 Å². The molecular formula is C22H28N2O3. The van der Waals surface area contributed by atoms with Gasteiger partial charge >= 0.3 is 0 Å². The van der Waals surface area contributed by atoms with Gasteiger partial charge < -0.3 is 15.4 Å². The van der Waals surface area contributed by atoms with Gasteiger partial charge in [0.05, 0.1) is 6.61 Å². The van der Waals surface area contributed by atoms with E-state index in [1.807, 2.05) is 69.3 Å². The molecule has 0 aromatic heterocycles. The molecule has 0 unspecified atom stereocenters. The Morgan fingerprint density at radius 2 is 1.74 bits per heavy atom. The largest absolute Gasteiger partial charge is 0.494 e.